The normalized spacial score (nSPS) is 10.6. The molecule has 17 heavy (non-hydrogen) atoms. The van der Waals surface area contributed by atoms with Crippen molar-refractivity contribution < 1.29 is 4.79 Å². The Kier molecular flexibility index (Phi) is 7.44. The Bertz CT molecular complexity index is 304. The van der Waals surface area contributed by atoms with Gasteiger partial charge in [0.25, 0.3) is 0 Å². The van der Waals surface area contributed by atoms with Crippen LogP contribution in [0.15, 0.2) is 12.1 Å². The molecule has 2 nitrogen and oxygen atoms in total. The first-order valence-electron chi connectivity index (χ1n) is 7.00. The van der Waals surface area contributed by atoms with Crippen LogP contribution in [0.4, 0.5) is 0 Å². The molecule has 1 N–H and O–H groups in total. The zero-order chi connectivity index (χ0) is 12.3. The second-order valence-electron chi connectivity index (χ2n) is 4.78. The number of rotatable bonds is 10. The van der Waals surface area contributed by atoms with E-state index in [1.807, 2.05) is 12.1 Å². The van der Waals surface area contributed by atoms with E-state index in [0.29, 0.717) is 5.69 Å². The largest absolute Gasteiger partial charge is 0.356 e. The molecule has 0 saturated carbocycles. The summed E-state index contributed by atoms with van der Waals surface area (Å²) in [5.41, 5.74) is 1.89. The zero-order valence-corrected chi connectivity index (χ0v) is 11.0. The van der Waals surface area contributed by atoms with Gasteiger partial charge in [0.15, 0.2) is 6.29 Å². The van der Waals surface area contributed by atoms with Crippen LogP contribution in [0.3, 0.4) is 0 Å². The van der Waals surface area contributed by atoms with Crippen LogP contribution in [0.25, 0.3) is 0 Å². The summed E-state index contributed by atoms with van der Waals surface area (Å²) in [4.78, 5) is 13.6. The van der Waals surface area contributed by atoms with Gasteiger partial charge in [0.2, 0.25) is 0 Å². The smallest absolute Gasteiger partial charge is 0.166 e. The van der Waals surface area contributed by atoms with Gasteiger partial charge in [-0.15, -0.1) is 0 Å². The van der Waals surface area contributed by atoms with Crippen LogP contribution in [0.1, 0.15) is 74.5 Å². The van der Waals surface area contributed by atoms with Crippen molar-refractivity contribution in [1.82, 2.24) is 4.98 Å². The molecule has 0 spiro atoms. The highest BCUT2D eigenvalue weighted by Crippen LogP contribution is 2.11. The highest BCUT2D eigenvalue weighted by Gasteiger charge is 1.97. The summed E-state index contributed by atoms with van der Waals surface area (Å²) in [6, 6.07) is 3.87. The number of carbonyl (C=O) groups excluding carboxylic acids is 1. The van der Waals surface area contributed by atoms with Crippen molar-refractivity contribution in [3.05, 3.63) is 23.5 Å². The number of aromatic amines is 1. The Morgan fingerprint density at radius 2 is 1.65 bits per heavy atom. The van der Waals surface area contributed by atoms with Crippen molar-refractivity contribution in [2.45, 2.75) is 64.7 Å². The molecule has 1 rings (SSSR count). The van der Waals surface area contributed by atoms with E-state index in [2.05, 4.69) is 11.9 Å². The topological polar surface area (TPSA) is 32.9 Å². The molecular weight excluding hydrogens is 210 g/mol. The van der Waals surface area contributed by atoms with Crippen molar-refractivity contribution in [2.24, 2.45) is 0 Å². The molecule has 1 aromatic heterocycles. The molecule has 0 unspecified atom stereocenters. The van der Waals surface area contributed by atoms with Gasteiger partial charge >= 0.3 is 0 Å². The number of carbonyl (C=O) groups is 1. The zero-order valence-electron chi connectivity index (χ0n) is 11.0. The van der Waals surface area contributed by atoms with Crippen LogP contribution in [0.2, 0.25) is 0 Å². The molecular formula is C15H25NO. The van der Waals surface area contributed by atoms with Crippen LogP contribution in [0, 0.1) is 0 Å². The van der Waals surface area contributed by atoms with Gasteiger partial charge in [-0.25, -0.2) is 0 Å². The number of aryl methyl sites for hydroxylation is 1. The lowest BCUT2D eigenvalue weighted by molar-refractivity contribution is 0.111. The predicted octanol–water partition coefficient (Wildman–Crippen LogP) is 4.51. The van der Waals surface area contributed by atoms with E-state index < -0.39 is 0 Å². The lowest BCUT2D eigenvalue weighted by Crippen LogP contribution is -1.87. The summed E-state index contributed by atoms with van der Waals surface area (Å²) in [7, 11) is 0. The molecule has 0 saturated heterocycles. The fraction of sp³-hybridized carbons (Fsp3) is 0.667. The van der Waals surface area contributed by atoms with E-state index >= 15 is 0 Å². The first-order chi connectivity index (χ1) is 8.36. The van der Waals surface area contributed by atoms with Gasteiger partial charge in [0, 0.05) is 5.69 Å². The van der Waals surface area contributed by atoms with Crippen molar-refractivity contribution in [2.75, 3.05) is 0 Å². The SMILES string of the molecule is CCCCCCCCCCc1ccc(C=O)[nH]1. The van der Waals surface area contributed by atoms with Crippen molar-refractivity contribution in [3.63, 3.8) is 0 Å². The highest BCUT2D eigenvalue weighted by molar-refractivity contribution is 5.71. The fourth-order valence-electron chi connectivity index (χ4n) is 2.12. The number of H-pyrrole nitrogens is 1. The van der Waals surface area contributed by atoms with Gasteiger partial charge < -0.3 is 4.98 Å². The van der Waals surface area contributed by atoms with Crippen LogP contribution in [-0.2, 0) is 6.42 Å². The minimum atomic E-state index is 0.694. The van der Waals surface area contributed by atoms with E-state index in [1.165, 1.54) is 57.1 Å². The lowest BCUT2D eigenvalue weighted by Gasteiger charge is -2.01. The number of hydrogen-bond donors (Lipinski definition) is 1. The average molecular weight is 235 g/mol. The van der Waals surface area contributed by atoms with Crippen molar-refractivity contribution >= 4 is 6.29 Å². The maximum absolute atomic E-state index is 10.5. The molecule has 0 radical (unpaired) electrons. The predicted molar refractivity (Wildman–Crippen MR) is 72.5 cm³/mol. The second kappa shape index (κ2) is 9.03. The summed E-state index contributed by atoms with van der Waals surface area (Å²) in [5, 5.41) is 0. The Hall–Kier alpha value is -1.05. The van der Waals surface area contributed by atoms with Crippen molar-refractivity contribution in [1.29, 1.82) is 0 Å². The molecule has 0 fully saturated rings. The molecule has 96 valence electrons. The summed E-state index contributed by atoms with van der Waals surface area (Å²) in [6.07, 6.45) is 12.7. The Morgan fingerprint density at radius 1 is 1.00 bits per heavy atom. The lowest BCUT2D eigenvalue weighted by atomic mass is 10.1. The van der Waals surface area contributed by atoms with Gasteiger partial charge in [-0.05, 0) is 25.0 Å². The Morgan fingerprint density at radius 3 is 2.24 bits per heavy atom. The Labute approximate surface area is 105 Å². The van der Waals surface area contributed by atoms with E-state index in [0.717, 1.165) is 12.7 Å². The molecule has 0 aliphatic heterocycles. The summed E-state index contributed by atoms with van der Waals surface area (Å²) in [6.45, 7) is 2.25. The molecule has 0 aliphatic carbocycles. The maximum atomic E-state index is 10.5. The Balaban J connectivity index is 1.95. The van der Waals surface area contributed by atoms with Crippen LogP contribution >= 0.6 is 0 Å². The van der Waals surface area contributed by atoms with Crippen LogP contribution in [0.5, 0.6) is 0 Å². The molecule has 0 amide bonds. The standard InChI is InChI=1S/C15H25NO/c1-2-3-4-5-6-7-8-9-10-14-11-12-15(13-17)16-14/h11-13,16H,2-10H2,1H3. The number of hydrogen-bond acceptors (Lipinski definition) is 1. The average Bonchev–Trinajstić information content (AvgIpc) is 2.80. The molecule has 1 heterocycles. The summed E-state index contributed by atoms with van der Waals surface area (Å²) in [5.74, 6) is 0. The van der Waals surface area contributed by atoms with Gasteiger partial charge in [-0.1, -0.05) is 51.9 Å². The summed E-state index contributed by atoms with van der Waals surface area (Å²) < 4.78 is 0. The number of aromatic nitrogens is 1. The molecule has 0 bridgehead atoms. The van der Waals surface area contributed by atoms with Gasteiger partial charge in [-0.3, -0.25) is 4.79 Å². The third kappa shape index (κ3) is 6.30. The van der Waals surface area contributed by atoms with Gasteiger partial charge in [0.05, 0.1) is 5.69 Å². The molecule has 2 heteroatoms. The number of aldehydes is 1. The monoisotopic (exact) mass is 235 g/mol. The van der Waals surface area contributed by atoms with E-state index in [9.17, 15) is 4.79 Å². The molecule has 0 aliphatic rings. The summed E-state index contributed by atoms with van der Waals surface area (Å²) >= 11 is 0. The highest BCUT2D eigenvalue weighted by atomic mass is 16.1. The van der Waals surface area contributed by atoms with Gasteiger partial charge in [0.1, 0.15) is 0 Å². The quantitative estimate of drug-likeness (QED) is 0.469. The first kappa shape index (κ1) is 14.0. The second-order valence-corrected chi connectivity index (χ2v) is 4.78. The van der Waals surface area contributed by atoms with Gasteiger partial charge in [-0.2, -0.15) is 0 Å². The molecule has 0 atom stereocenters. The van der Waals surface area contributed by atoms with E-state index in [-0.39, 0.29) is 0 Å². The third-order valence-electron chi connectivity index (χ3n) is 3.20. The van der Waals surface area contributed by atoms with Crippen LogP contribution in [-0.4, -0.2) is 11.3 Å². The number of nitrogens with one attached hydrogen (secondary N) is 1. The minimum absolute atomic E-state index is 0.694. The molecule has 1 aromatic rings. The maximum Gasteiger partial charge on any atom is 0.166 e. The van der Waals surface area contributed by atoms with E-state index in [1.54, 1.807) is 0 Å². The third-order valence-corrected chi connectivity index (χ3v) is 3.20. The fourth-order valence-corrected chi connectivity index (χ4v) is 2.12. The van der Waals surface area contributed by atoms with Crippen molar-refractivity contribution in [3.8, 4) is 0 Å². The van der Waals surface area contributed by atoms with Crippen LogP contribution < -0.4 is 0 Å². The minimum Gasteiger partial charge on any atom is -0.356 e. The molecule has 0 aromatic carbocycles. The first-order valence-corrected chi connectivity index (χ1v) is 7.00. The van der Waals surface area contributed by atoms with E-state index in [4.69, 9.17) is 0 Å². The number of unbranched alkanes of at least 4 members (excludes halogenated alkanes) is 7.